The molecule has 0 bridgehead atoms. The summed E-state index contributed by atoms with van der Waals surface area (Å²) in [5.41, 5.74) is 1.69. The maximum Gasteiger partial charge on any atom is 0.172 e. The topological polar surface area (TPSA) is 49.8 Å². The molecule has 1 saturated heterocycles. The molecule has 0 aliphatic carbocycles. The van der Waals surface area contributed by atoms with Gasteiger partial charge in [0.2, 0.25) is 0 Å². The first-order valence-electron chi connectivity index (χ1n) is 6.22. The minimum absolute atomic E-state index is 0.437. The van der Waals surface area contributed by atoms with Gasteiger partial charge in [0.25, 0.3) is 0 Å². The van der Waals surface area contributed by atoms with E-state index in [-0.39, 0.29) is 0 Å². The van der Waals surface area contributed by atoms with Gasteiger partial charge in [-0.15, -0.1) is 0 Å². The Hall–Kier alpha value is -1.39. The van der Waals surface area contributed by atoms with E-state index in [2.05, 4.69) is 20.6 Å². The maximum absolute atomic E-state index is 6.13. The second-order valence-electron chi connectivity index (χ2n) is 4.53. The lowest BCUT2D eigenvalue weighted by molar-refractivity contribution is 0.632. The zero-order valence-electron chi connectivity index (χ0n) is 9.99. The summed E-state index contributed by atoms with van der Waals surface area (Å²) in [6, 6.07) is 8.25. The van der Waals surface area contributed by atoms with Crippen molar-refractivity contribution in [3.05, 3.63) is 29.4 Å². The van der Waals surface area contributed by atoms with Crippen LogP contribution in [-0.4, -0.2) is 29.1 Å². The number of anilines is 1. The maximum atomic E-state index is 6.13. The van der Waals surface area contributed by atoms with Gasteiger partial charge in [0.15, 0.2) is 11.0 Å². The number of halogens is 1. The van der Waals surface area contributed by atoms with Crippen LogP contribution in [0.15, 0.2) is 24.3 Å². The number of rotatable bonds is 3. The zero-order valence-corrected chi connectivity index (χ0v) is 10.7. The van der Waals surface area contributed by atoms with Crippen molar-refractivity contribution in [2.24, 2.45) is 0 Å². The van der Waals surface area contributed by atoms with Crippen LogP contribution in [0.4, 0.5) is 5.82 Å². The molecule has 4 nitrogen and oxygen atoms in total. The van der Waals surface area contributed by atoms with Crippen molar-refractivity contribution in [3.63, 3.8) is 0 Å². The van der Waals surface area contributed by atoms with Crippen molar-refractivity contribution in [2.45, 2.75) is 18.9 Å². The van der Waals surface area contributed by atoms with Gasteiger partial charge < -0.3 is 10.6 Å². The van der Waals surface area contributed by atoms with E-state index in [0.29, 0.717) is 17.0 Å². The molecule has 0 saturated carbocycles. The standard InChI is InChI=1S/C13H15ClN4/c14-12-13(16-8-9-4-3-7-15-9)18-11-6-2-1-5-10(11)17-12/h1-2,5-6,9,15H,3-4,7-8H2,(H,16,18). The van der Waals surface area contributed by atoms with Crippen molar-refractivity contribution < 1.29 is 0 Å². The van der Waals surface area contributed by atoms with E-state index in [4.69, 9.17) is 11.6 Å². The van der Waals surface area contributed by atoms with Gasteiger partial charge in [-0.05, 0) is 31.5 Å². The van der Waals surface area contributed by atoms with Crippen molar-refractivity contribution in [1.82, 2.24) is 15.3 Å². The van der Waals surface area contributed by atoms with Gasteiger partial charge in [0.05, 0.1) is 11.0 Å². The lowest BCUT2D eigenvalue weighted by atomic mass is 10.2. The lowest BCUT2D eigenvalue weighted by Crippen LogP contribution is -2.29. The molecule has 94 valence electrons. The van der Waals surface area contributed by atoms with Crippen LogP contribution in [0.25, 0.3) is 11.0 Å². The fraction of sp³-hybridized carbons (Fsp3) is 0.385. The highest BCUT2D eigenvalue weighted by Gasteiger charge is 2.14. The molecule has 1 aromatic heterocycles. The Balaban J connectivity index is 1.80. The molecule has 1 fully saturated rings. The molecular formula is C13H15ClN4. The quantitative estimate of drug-likeness (QED) is 0.892. The third-order valence-electron chi connectivity index (χ3n) is 3.21. The summed E-state index contributed by atoms with van der Waals surface area (Å²) < 4.78 is 0. The first kappa shape index (κ1) is 11.7. The molecule has 1 atom stereocenters. The smallest absolute Gasteiger partial charge is 0.172 e. The fourth-order valence-corrected chi connectivity index (χ4v) is 2.44. The van der Waals surface area contributed by atoms with Gasteiger partial charge in [-0.2, -0.15) is 0 Å². The highest BCUT2D eigenvalue weighted by Crippen LogP contribution is 2.21. The Morgan fingerprint density at radius 1 is 1.28 bits per heavy atom. The number of para-hydroxylation sites is 2. The van der Waals surface area contributed by atoms with E-state index in [1.807, 2.05) is 24.3 Å². The van der Waals surface area contributed by atoms with Crippen molar-refractivity contribution in [2.75, 3.05) is 18.4 Å². The van der Waals surface area contributed by atoms with E-state index in [1.54, 1.807) is 0 Å². The number of benzene rings is 1. The second kappa shape index (κ2) is 5.08. The zero-order chi connectivity index (χ0) is 12.4. The summed E-state index contributed by atoms with van der Waals surface area (Å²) in [4.78, 5) is 8.84. The molecule has 0 amide bonds. The van der Waals surface area contributed by atoms with Crippen LogP contribution in [0.5, 0.6) is 0 Å². The van der Waals surface area contributed by atoms with Gasteiger partial charge in [0, 0.05) is 12.6 Å². The lowest BCUT2D eigenvalue weighted by Gasteiger charge is -2.13. The Labute approximate surface area is 111 Å². The van der Waals surface area contributed by atoms with Crippen molar-refractivity contribution in [1.29, 1.82) is 0 Å². The van der Waals surface area contributed by atoms with E-state index >= 15 is 0 Å². The van der Waals surface area contributed by atoms with E-state index < -0.39 is 0 Å². The van der Waals surface area contributed by atoms with Gasteiger partial charge in [0.1, 0.15) is 0 Å². The molecule has 1 aliphatic heterocycles. The van der Waals surface area contributed by atoms with Crippen LogP contribution in [-0.2, 0) is 0 Å². The summed E-state index contributed by atoms with van der Waals surface area (Å²) >= 11 is 6.13. The third kappa shape index (κ3) is 2.40. The number of fused-ring (bicyclic) bond motifs is 1. The average molecular weight is 263 g/mol. The van der Waals surface area contributed by atoms with Gasteiger partial charge in [-0.25, -0.2) is 9.97 Å². The number of hydrogen-bond donors (Lipinski definition) is 2. The Kier molecular flexibility index (Phi) is 3.30. The molecule has 2 heterocycles. The van der Waals surface area contributed by atoms with E-state index in [0.717, 1.165) is 24.1 Å². The highest BCUT2D eigenvalue weighted by molar-refractivity contribution is 6.32. The summed E-state index contributed by atoms with van der Waals surface area (Å²) in [7, 11) is 0. The van der Waals surface area contributed by atoms with E-state index in [1.165, 1.54) is 12.8 Å². The molecular weight excluding hydrogens is 248 g/mol. The molecule has 2 aromatic rings. The Morgan fingerprint density at radius 2 is 2.06 bits per heavy atom. The Morgan fingerprint density at radius 3 is 2.78 bits per heavy atom. The molecule has 3 rings (SSSR count). The normalized spacial score (nSPS) is 19.3. The molecule has 1 unspecified atom stereocenters. The second-order valence-corrected chi connectivity index (χ2v) is 4.88. The van der Waals surface area contributed by atoms with Crippen molar-refractivity contribution in [3.8, 4) is 0 Å². The monoisotopic (exact) mass is 262 g/mol. The van der Waals surface area contributed by atoms with Gasteiger partial charge in [-0.1, -0.05) is 23.7 Å². The third-order valence-corrected chi connectivity index (χ3v) is 3.47. The minimum Gasteiger partial charge on any atom is -0.366 e. The van der Waals surface area contributed by atoms with Crippen LogP contribution < -0.4 is 10.6 Å². The van der Waals surface area contributed by atoms with Crippen LogP contribution in [0.2, 0.25) is 5.15 Å². The predicted octanol–water partition coefficient (Wildman–Crippen LogP) is 2.45. The first-order valence-corrected chi connectivity index (χ1v) is 6.60. The highest BCUT2D eigenvalue weighted by atomic mass is 35.5. The van der Waals surface area contributed by atoms with Crippen LogP contribution in [0.3, 0.4) is 0 Å². The summed E-state index contributed by atoms with van der Waals surface area (Å²) in [6.07, 6.45) is 2.44. The molecule has 0 spiro atoms. The number of aromatic nitrogens is 2. The summed E-state index contributed by atoms with van der Waals surface area (Å²) in [6.45, 7) is 1.94. The Bertz CT molecular complexity index is 552. The number of hydrogen-bond acceptors (Lipinski definition) is 4. The molecule has 1 aliphatic rings. The molecule has 0 radical (unpaired) electrons. The molecule has 5 heteroatoms. The van der Waals surface area contributed by atoms with Crippen LogP contribution >= 0.6 is 11.6 Å². The fourth-order valence-electron chi connectivity index (χ4n) is 2.24. The summed E-state index contributed by atoms with van der Waals surface area (Å²) in [5, 5.41) is 7.15. The largest absolute Gasteiger partial charge is 0.366 e. The van der Waals surface area contributed by atoms with Crippen LogP contribution in [0, 0.1) is 0 Å². The predicted molar refractivity (Wildman–Crippen MR) is 74.1 cm³/mol. The minimum atomic E-state index is 0.437. The SMILES string of the molecule is Clc1nc2ccccc2nc1NCC1CCCN1. The van der Waals surface area contributed by atoms with Crippen molar-refractivity contribution >= 4 is 28.5 Å². The van der Waals surface area contributed by atoms with Gasteiger partial charge in [-0.3, -0.25) is 0 Å². The van der Waals surface area contributed by atoms with E-state index in [9.17, 15) is 0 Å². The average Bonchev–Trinajstić information content (AvgIpc) is 2.89. The first-order chi connectivity index (χ1) is 8.83. The molecule has 18 heavy (non-hydrogen) atoms. The number of nitrogens with zero attached hydrogens (tertiary/aromatic N) is 2. The molecule has 2 N–H and O–H groups in total. The van der Waals surface area contributed by atoms with Gasteiger partial charge >= 0.3 is 0 Å². The molecule has 1 aromatic carbocycles. The number of nitrogens with one attached hydrogen (secondary N) is 2. The van der Waals surface area contributed by atoms with Crippen LogP contribution in [0.1, 0.15) is 12.8 Å². The summed E-state index contributed by atoms with van der Waals surface area (Å²) in [5.74, 6) is 0.670.